The summed E-state index contributed by atoms with van der Waals surface area (Å²) in [5.41, 5.74) is 2.10. The highest BCUT2D eigenvalue weighted by atomic mass is 35.5. The van der Waals surface area contributed by atoms with Gasteiger partial charge in [0.05, 0.1) is 12.1 Å². The minimum atomic E-state index is -0.282. The van der Waals surface area contributed by atoms with Crippen LogP contribution < -0.4 is 10.6 Å². The number of nitrogens with zero attached hydrogens (tertiary/aromatic N) is 1. The maximum absolute atomic E-state index is 12.8. The van der Waals surface area contributed by atoms with Crippen LogP contribution in [0, 0.1) is 0 Å². The molecule has 1 aliphatic heterocycles. The van der Waals surface area contributed by atoms with Crippen LogP contribution in [0.5, 0.6) is 0 Å². The zero-order valence-electron chi connectivity index (χ0n) is 15.6. The van der Waals surface area contributed by atoms with Crippen LogP contribution in [0.15, 0.2) is 42.5 Å². The van der Waals surface area contributed by atoms with Crippen molar-refractivity contribution in [2.75, 3.05) is 30.3 Å². The monoisotopic (exact) mass is 399 g/mol. The van der Waals surface area contributed by atoms with Gasteiger partial charge >= 0.3 is 0 Å². The van der Waals surface area contributed by atoms with Crippen molar-refractivity contribution in [3.8, 4) is 0 Å². The number of hydrogen-bond donors (Lipinski definition) is 2. The van der Waals surface area contributed by atoms with E-state index in [-0.39, 0.29) is 24.1 Å². The largest absolute Gasteiger partial charge is 0.375 e. The highest BCUT2D eigenvalue weighted by molar-refractivity contribution is 6.31. The molecule has 0 aromatic heterocycles. The minimum absolute atomic E-state index is 0.0216. The Hall–Kier alpha value is -2.86. The normalized spacial score (nSPS) is 13.3. The summed E-state index contributed by atoms with van der Waals surface area (Å²) in [5.74, 6) is -0.437. The lowest BCUT2D eigenvalue weighted by atomic mass is 10.1. The molecule has 2 N–H and O–H groups in total. The number of Topliss-reactive ketones (excluding diaryl/α,β-unsaturated/α-hetero) is 1. The summed E-state index contributed by atoms with van der Waals surface area (Å²) < 4.78 is 0. The smallest absolute Gasteiger partial charge is 0.256 e. The van der Waals surface area contributed by atoms with Gasteiger partial charge < -0.3 is 15.5 Å². The number of halogens is 1. The molecule has 0 aliphatic carbocycles. The van der Waals surface area contributed by atoms with Crippen LogP contribution in [-0.2, 0) is 4.79 Å². The molecule has 1 heterocycles. The van der Waals surface area contributed by atoms with Gasteiger partial charge in [0.25, 0.3) is 5.91 Å². The summed E-state index contributed by atoms with van der Waals surface area (Å²) in [6, 6.07) is 11.8. The van der Waals surface area contributed by atoms with Gasteiger partial charge in [0, 0.05) is 35.1 Å². The van der Waals surface area contributed by atoms with Crippen molar-refractivity contribution in [3.63, 3.8) is 0 Å². The number of amides is 2. The number of hydrogen-bond acceptors (Lipinski definition) is 4. The first-order valence-corrected chi connectivity index (χ1v) is 9.55. The summed E-state index contributed by atoms with van der Waals surface area (Å²) in [6.45, 7) is 2.92. The number of anilines is 2. The highest BCUT2D eigenvalue weighted by Gasteiger charge is 2.22. The lowest BCUT2D eigenvalue weighted by Gasteiger charge is -2.18. The summed E-state index contributed by atoms with van der Waals surface area (Å²) in [4.78, 5) is 38.3. The van der Waals surface area contributed by atoms with Crippen molar-refractivity contribution in [2.45, 2.75) is 19.8 Å². The van der Waals surface area contributed by atoms with E-state index in [1.54, 1.807) is 47.4 Å². The van der Waals surface area contributed by atoms with Crippen molar-refractivity contribution < 1.29 is 14.4 Å². The van der Waals surface area contributed by atoms with Crippen molar-refractivity contribution in [1.29, 1.82) is 0 Å². The second-order valence-electron chi connectivity index (χ2n) is 6.73. The molecule has 1 saturated heterocycles. The number of likely N-dealkylation sites (tertiary alicyclic amines) is 1. The van der Waals surface area contributed by atoms with Crippen molar-refractivity contribution in [2.24, 2.45) is 0 Å². The lowest BCUT2D eigenvalue weighted by Crippen LogP contribution is -2.29. The molecular formula is C21H22ClN3O3. The van der Waals surface area contributed by atoms with E-state index < -0.39 is 0 Å². The van der Waals surface area contributed by atoms with Gasteiger partial charge in [-0.3, -0.25) is 14.4 Å². The van der Waals surface area contributed by atoms with E-state index in [4.69, 9.17) is 11.6 Å². The number of nitrogens with one attached hydrogen (secondary N) is 2. The lowest BCUT2D eigenvalue weighted by molar-refractivity contribution is -0.114. The molecule has 0 spiro atoms. The topological polar surface area (TPSA) is 78.5 Å². The third-order valence-electron chi connectivity index (χ3n) is 4.60. The fourth-order valence-electron chi connectivity index (χ4n) is 3.13. The summed E-state index contributed by atoms with van der Waals surface area (Å²) in [5, 5.41) is 6.24. The van der Waals surface area contributed by atoms with E-state index in [1.807, 2.05) is 0 Å². The standard InChI is InChI=1S/C21H22ClN3O3/c1-14(26)15-5-4-6-17(11-15)24-20(27)13-23-19-8-7-16(22)12-18(19)21(28)25-9-2-3-10-25/h4-8,11-12,23H,2-3,9-10,13H2,1H3,(H,24,27). The van der Waals surface area contributed by atoms with Crippen molar-refractivity contribution >= 4 is 40.6 Å². The zero-order valence-corrected chi connectivity index (χ0v) is 16.4. The Kier molecular flexibility index (Phi) is 6.31. The molecule has 2 amide bonds. The molecule has 28 heavy (non-hydrogen) atoms. The molecule has 0 saturated carbocycles. The van der Waals surface area contributed by atoms with Crippen molar-refractivity contribution in [3.05, 3.63) is 58.6 Å². The average Bonchev–Trinajstić information content (AvgIpc) is 3.21. The van der Waals surface area contributed by atoms with Gasteiger partial charge in [0.1, 0.15) is 0 Å². The van der Waals surface area contributed by atoms with Crippen LogP contribution in [0.3, 0.4) is 0 Å². The van der Waals surface area contributed by atoms with E-state index in [1.165, 1.54) is 6.92 Å². The Morgan fingerprint density at radius 2 is 1.82 bits per heavy atom. The van der Waals surface area contributed by atoms with E-state index in [0.717, 1.165) is 25.9 Å². The predicted octanol–water partition coefficient (Wildman–Crippen LogP) is 3.83. The van der Waals surface area contributed by atoms with Crippen LogP contribution in [-0.4, -0.2) is 42.1 Å². The molecule has 3 rings (SSSR count). The molecule has 1 fully saturated rings. The Morgan fingerprint density at radius 1 is 1.07 bits per heavy atom. The van der Waals surface area contributed by atoms with Gasteiger partial charge in [-0.1, -0.05) is 23.7 Å². The van der Waals surface area contributed by atoms with Gasteiger partial charge in [0.15, 0.2) is 5.78 Å². The Balaban J connectivity index is 1.67. The first kappa shape index (κ1) is 19.9. The quantitative estimate of drug-likeness (QED) is 0.723. The molecule has 7 heteroatoms. The minimum Gasteiger partial charge on any atom is -0.375 e. The number of carbonyl (C=O) groups excluding carboxylic acids is 3. The van der Waals surface area contributed by atoms with Crippen LogP contribution in [0.1, 0.15) is 40.5 Å². The maximum Gasteiger partial charge on any atom is 0.256 e. The molecular weight excluding hydrogens is 378 g/mol. The number of rotatable bonds is 6. The number of ketones is 1. The first-order chi connectivity index (χ1) is 13.4. The summed E-state index contributed by atoms with van der Waals surface area (Å²) >= 11 is 6.07. The molecule has 0 radical (unpaired) electrons. The first-order valence-electron chi connectivity index (χ1n) is 9.17. The molecule has 0 atom stereocenters. The highest BCUT2D eigenvalue weighted by Crippen LogP contribution is 2.24. The van der Waals surface area contributed by atoms with E-state index in [0.29, 0.717) is 27.5 Å². The van der Waals surface area contributed by atoms with Gasteiger partial charge in [-0.2, -0.15) is 0 Å². The van der Waals surface area contributed by atoms with Gasteiger partial charge in [0.2, 0.25) is 5.91 Å². The summed E-state index contributed by atoms with van der Waals surface area (Å²) in [6.07, 6.45) is 1.99. The fraction of sp³-hybridized carbons (Fsp3) is 0.286. The molecule has 2 aromatic rings. The number of carbonyl (C=O) groups is 3. The van der Waals surface area contributed by atoms with E-state index in [2.05, 4.69) is 10.6 Å². The van der Waals surface area contributed by atoms with Crippen LogP contribution in [0.4, 0.5) is 11.4 Å². The van der Waals surface area contributed by atoms with Crippen LogP contribution >= 0.6 is 11.6 Å². The second-order valence-corrected chi connectivity index (χ2v) is 7.16. The summed E-state index contributed by atoms with van der Waals surface area (Å²) in [7, 11) is 0. The Morgan fingerprint density at radius 3 is 2.54 bits per heavy atom. The zero-order chi connectivity index (χ0) is 20.1. The van der Waals surface area contributed by atoms with Gasteiger partial charge in [-0.25, -0.2) is 0 Å². The van der Waals surface area contributed by atoms with E-state index >= 15 is 0 Å². The number of benzene rings is 2. The Labute approximate surface area is 168 Å². The SMILES string of the molecule is CC(=O)c1cccc(NC(=O)CNc2ccc(Cl)cc2C(=O)N2CCCC2)c1. The molecule has 1 aliphatic rings. The third kappa shape index (κ3) is 4.89. The van der Waals surface area contributed by atoms with Gasteiger partial charge in [-0.05, 0) is 50.1 Å². The molecule has 0 unspecified atom stereocenters. The predicted molar refractivity (Wildman–Crippen MR) is 110 cm³/mol. The fourth-order valence-corrected chi connectivity index (χ4v) is 3.31. The van der Waals surface area contributed by atoms with Gasteiger partial charge in [-0.15, -0.1) is 0 Å². The van der Waals surface area contributed by atoms with E-state index in [9.17, 15) is 14.4 Å². The van der Waals surface area contributed by atoms with Crippen molar-refractivity contribution in [1.82, 2.24) is 4.90 Å². The molecule has 146 valence electrons. The van der Waals surface area contributed by atoms with Crippen LogP contribution in [0.2, 0.25) is 5.02 Å². The molecule has 6 nitrogen and oxygen atoms in total. The molecule has 2 aromatic carbocycles. The maximum atomic E-state index is 12.8. The average molecular weight is 400 g/mol. The Bertz CT molecular complexity index is 908. The second kappa shape index (κ2) is 8.89. The molecule has 0 bridgehead atoms. The third-order valence-corrected chi connectivity index (χ3v) is 4.83. The van der Waals surface area contributed by atoms with Crippen LogP contribution in [0.25, 0.3) is 0 Å².